The fourth-order valence-electron chi connectivity index (χ4n) is 2.35. The van der Waals surface area contributed by atoms with Gasteiger partial charge in [-0.3, -0.25) is 4.79 Å². The minimum atomic E-state index is 0.123. The van der Waals surface area contributed by atoms with Gasteiger partial charge in [-0.15, -0.1) is 0 Å². The van der Waals surface area contributed by atoms with Gasteiger partial charge in [0.1, 0.15) is 0 Å². The second-order valence-electron chi connectivity index (χ2n) is 5.26. The van der Waals surface area contributed by atoms with Gasteiger partial charge in [0.15, 0.2) is 5.11 Å². The SMILES string of the molecule is CC(=O)N1CCCN(C(=S)Nc2ccc(C)cc2Cl)CC1. The number of nitrogens with one attached hydrogen (secondary N) is 1. The summed E-state index contributed by atoms with van der Waals surface area (Å²) in [5.74, 6) is 0.123. The van der Waals surface area contributed by atoms with Gasteiger partial charge < -0.3 is 15.1 Å². The van der Waals surface area contributed by atoms with Crippen LogP contribution in [-0.4, -0.2) is 47.0 Å². The average Bonchev–Trinajstić information content (AvgIpc) is 2.67. The monoisotopic (exact) mass is 325 g/mol. The summed E-state index contributed by atoms with van der Waals surface area (Å²) in [7, 11) is 0. The van der Waals surface area contributed by atoms with Gasteiger partial charge in [0, 0.05) is 33.1 Å². The number of thiocarbonyl (C=S) groups is 1. The Kier molecular flexibility index (Phi) is 5.42. The fraction of sp³-hybridized carbons (Fsp3) is 0.467. The van der Waals surface area contributed by atoms with E-state index in [1.807, 2.05) is 30.0 Å². The minimum Gasteiger partial charge on any atom is -0.347 e. The van der Waals surface area contributed by atoms with Crippen molar-refractivity contribution in [3.05, 3.63) is 28.8 Å². The van der Waals surface area contributed by atoms with Gasteiger partial charge in [-0.1, -0.05) is 17.7 Å². The third-order valence-corrected chi connectivity index (χ3v) is 4.27. The molecule has 0 spiro atoms. The molecule has 1 heterocycles. The Bertz CT molecular complexity index is 550. The van der Waals surface area contributed by atoms with Crippen LogP contribution in [0.5, 0.6) is 0 Å². The first-order chi connectivity index (χ1) is 9.97. The molecule has 6 heteroatoms. The van der Waals surface area contributed by atoms with Crippen molar-refractivity contribution in [1.29, 1.82) is 0 Å². The van der Waals surface area contributed by atoms with Crippen molar-refractivity contribution in [1.82, 2.24) is 9.80 Å². The van der Waals surface area contributed by atoms with E-state index < -0.39 is 0 Å². The molecule has 1 aromatic rings. The second-order valence-corrected chi connectivity index (χ2v) is 6.05. The standard InChI is InChI=1S/C15H20ClN3OS/c1-11-4-5-14(13(16)10-11)17-15(21)19-7-3-6-18(8-9-19)12(2)20/h4-5,10H,3,6-9H2,1-2H3,(H,17,21). The summed E-state index contributed by atoms with van der Waals surface area (Å²) in [6.45, 7) is 6.70. The molecule has 2 rings (SSSR count). The van der Waals surface area contributed by atoms with Crippen molar-refractivity contribution in [2.75, 3.05) is 31.5 Å². The fourth-order valence-corrected chi connectivity index (χ4v) is 2.93. The third-order valence-electron chi connectivity index (χ3n) is 3.59. The quantitative estimate of drug-likeness (QED) is 0.805. The Morgan fingerprint density at radius 1 is 1.24 bits per heavy atom. The largest absolute Gasteiger partial charge is 0.347 e. The van der Waals surface area contributed by atoms with E-state index in [2.05, 4.69) is 10.2 Å². The summed E-state index contributed by atoms with van der Waals surface area (Å²) in [5, 5.41) is 4.52. The van der Waals surface area contributed by atoms with Gasteiger partial charge in [-0.05, 0) is 43.3 Å². The van der Waals surface area contributed by atoms with Gasteiger partial charge in [-0.2, -0.15) is 0 Å². The van der Waals surface area contributed by atoms with Crippen molar-refractivity contribution < 1.29 is 4.79 Å². The molecule has 0 aliphatic carbocycles. The van der Waals surface area contributed by atoms with Crippen LogP contribution in [0.25, 0.3) is 0 Å². The highest BCUT2D eigenvalue weighted by Crippen LogP contribution is 2.23. The summed E-state index contributed by atoms with van der Waals surface area (Å²) in [4.78, 5) is 15.4. The number of amides is 1. The maximum atomic E-state index is 11.4. The summed E-state index contributed by atoms with van der Waals surface area (Å²) >= 11 is 11.7. The smallest absolute Gasteiger partial charge is 0.219 e. The summed E-state index contributed by atoms with van der Waals surface area (Å²) < 4.78 is 0. The number of halogens is 1. The molecule has 0 bridgehead atoms. The zero-order valence-corrected chi connectivity index (χ0v) is 13.9. The van der Waals surface area contributed by atoms with Crippen LogP contribution in [-0.2, 0) is 4.79 Å². The number of anilines is 1. The Labute approximate surface area is 136 Å². The van der Waals surface area contributed by atoms with Crippen LogP contribution < -0.4 is 5.32 Å². The Morgan fingerprint density at radius 2 is 1.90 bits per heavy atom. The van der Waals surface area contributed by atoms with E-state index in [0.717, 1.165) is 37.3 Å². The predicted molar refractivity (Wildman–Crippen MR) is 90.9 cm³/mol. The van der Waals surface area contributed by atoms with Crippen LogP contribution in [0.1, 0.15) is 18.9 Å². The van der Waals surface area contributed by atoms with Gasteiger partial charge in [0.25, 0.3) is 0 Å². The number of aryl methyl sites for hydroxylation is 1. The van der Waals surface area contributed by atoms with Crippen molar-refractivity contribution in [3.8, 4) is 0 Å². The van der Waals surface area contributed by atoms with Crippen molar-refractivity contribution in [3.63, 3.8) is 0 Å². The van der Waals surface area contributed by atoms with Gasteiger partial charge in [-0.25, -0.2) is 0 Å². The molecule has 114 valence electrons. The highest BCUT2D eigenvalue weighted by molar-refractivity contribution is 7.80. The van der Waals surface area contributed by atoms with E-state index >= 15 is 0 Å². The first kappa shape index (κ1) is 16.0. The third kappa shape index (κ3) is 4.32. The average molecular weight is 326 g/mol. The molecular formula is C15H20ClN3OS. The second kappa shape index (κ2) is 7.09. The topological polar surface area (TPSA) is 35.6 Å². The summed E-state index contributed by atoms with van der Waals surface area (Å²) in [6, 6.07) is 5.84. The highest BCUT2D eigenvalue weighted by atomic mass is 35.5. The molecule has 1 aliphatic rings. The number of carbonyl (C=O) groups excluding carboxylic acids is 1. The molecule has 1 saturated heterocycles. The summed E-state index contributed by atoms with van der Waals surface area (Å²) in [5.41, 5.74) is 1.93. The molecule has 1 fully saturated rings. The zero-order valence-electron chi connectivity index (χ0n) is 12.4. The molecule has 0 unspecified atom stereocenters. The van der Waals surface area contributed by atoms with Crippen LogP contribution in [0, 0.1) is 6.92 Å². The van der Waals surface area contributed by atoms with Crippen LogP contribution >= 0.6 is 23.8 Å². The minimum absolute atomic E-state index is 0.123. The van der Waals surface area contributed by atoms with Gasteiger partial charge in [0.05, 0.1) is 10.7 Å². The van der Waals surface area contributed by atoms with E-state index in [0.29, 0.717) is 16.7 Å². The Balaban J connectivity index is 1.98. The molecule has 21 heavy (non-hydrogen) atoms. The molecule has 0 radical (unpaired) electrons. The van der Waals surface area contributed by atoms with Crippen LogP contribution in [0.15, 0.2) is 18.2 Å². The highest BCUT2D eigenvalue weighted by Gasteiger charge is 2.18. The number of nitrogens with zero attached hydrogens (tertiary/aromatic N) is 2. The molecule has 0 saturated carbocycles. The molecule has 1 aliphatic heterocycles. The first-order valence-corrected chi connectivity index (χ1v) is 7.83. The maximum Gasteiger partial charge on any atom is 0.219 e. The number of carbonyl (C=O) groups is 1. The molecule has 0 aromatic heterocycles. The molecular weight excluding hydrogens is 306 g/mol. The Morgan fingerprint density at radius 3 is 2.57 bits per heavy atom. The van der Waals surface area contributed by atoms with Crippen LogP contribution in [0.2, 0.25) is 5.02 Å². The van der Waals surface area contributed by atoms with E-state index in [4.69, 9.17) is 23.8 Å². The Hall–Kier alpha value is -1.33. The van der Waals surface area contributed by atoms with Gasteiger partial charge >= 0.3 is 0 Å². The van der Waals surface area contributed by atoms with Crippen LogP contribution in [0.3, 0.4) is 0 Å². The van der Waals surface area contributed by atoms with Crippen molar-refractivity contribution in [2.45, 2.75) is 20.3 Å². The van der Waals surface area contributed by atoms with Crippen LogP contribution in [0.4, 0.5) is 5.69 Å². The lowest BCUT2D eigenvalue weighted by Crippen LogP contribution is -2.38. The lowest BCUT2D eigenvalue weighted by molar-refractivity contribution is -0.128. The van der Waals surface area contributed by atoms with E-state index in [1.165, 1.54) is 0 Å². The maximum absolute atomic E-state index is 11.4. The molecule has 1 N–H and O–H groups in total. The number of rotatable bonds is 1. The molecule has 0 atom stereocenters. The van der Waals surface area contributed by atoms with E-state index in [1.54, 1.807) is 6.92 Å². The predicted octanol–water partition coefficient (Wildman–Crippen LogP) is 2.90. The number of hydrogen-bond acceptors (Lipinski definition) is 2. The lowest BCUT2D eigenvalue weighted by atomic mass is 10.2. The zero-order chi connectivity index (χ0) is 15.4. The summed E-state index contributed by atoms with van der Waals surface area (Å²) in [6.07, 6.45) is 0.920. The van der Waals surface area contributed by atoms with E-state index in [-0.39, 0.29) is 5.91 Å². The number of hydrogen-bond donors (Lipinski definition) is 1. The molecule has 1 amide bonds. The first-order valence-electron chi connectivity index (χ1n) is 7.05. The normalized spacial score (nSPS) is 15.6. The van der Waals surface area contributed by atoms with E-state index in [9.17, 15) is 4.79 Å². The lowest BCUT2D eigenvalue weighted by Gasteiger charge is -2.24. The molecule has 1 aromatic carbocycles. The molecule has 4 nitrogen and oxygen atoms in total. The number of benzene rings is 1. The van der Waals surface area contributed by atoms with Crippen molar-refractivity contribution >= 4 is 40.5 Å². The van der Waals surface area contributed by atoms with Crippen molar-refractivity contribution in [2.24, 2.45) is 0 Å². The van der Waals surface area contributed by atoms with Gasteiger partial charge in [0.2, 0.25) is 5.91 Å².